The van der Waals surface area contributed by atoms with E-state index in [0.29, 0.717) is 11.6 Å². The molecule has 19 heavy (non-hydrogen) atoms. The van der Waals surface area contributed by atoms with E-state index in [-0.39, 0.29) is 17.9 Å². The number of halogens is 2. The van der Waals surface area contributed by atoms with Gasteiger partial charge in [0, 0.05) is 12.6 Å². The summed E-state index contributed by atoms with van der Waals surface area (Å²) in [6, 6.07) is 9.10. The third-order valence-electron chi connectivity index (χ3n) is 2.54. The number of amides is 1. The largest absolute Gasteiger partial charge is 0.508 e. The van der Waals surface area contributed by atoms with E-state index in [0.717, 1.165) is 12.1 Å². The first-order valence-corrected chi connectivity index (χ1v) is 5.57. The summed E-state index contributed by atoms with van der Waals surface area (Å²) in [5, 5.41) is 11.7. The van der Waals surface area contributed by atoms with Crippen LogP contribution in [0, 0.1) is 11.6 Å². The maximum absolute atomic E-state index is 13.3. The number of rotatable bonds is 3. The van der Waals surface area contributed by atoms with Crippen molar-refractivity contribution in [1.82, 2.24) is 5.32 Å². The van der Waals surface area contributed by atoms with Crippen LogP contribution in [0.15, 0.2) is 42.5 Å². The Bertz CT molecular complexity index is 614. The van der Waals surface area contributed by atoms with Gasteiger partial charge in [-0.15, -0.1) is 0 Å². The van der Waals surface area contributed by atoms with Gasteiger partial charge >= 0.3 is 0 Å². The normalized spacial score (nSPS) is 10.2. The van der Waals surface area contributed by atoms with Crippen LogP contribution in [0.5, 0.6) is 5.75 Å². The van der Waals surface area contributed by atoms with Gasteiger partial charge in [0.15, 0.2) is 0 Å². The number of hydrogen-bond donors (Lipinski definition) is 2. The van der Waals surface area contributed by atoms with Crippen molar-refractivity contribution in [3.63, 3.8) is 0 Å². The Labute approximate surface area is 108 Å². The van der Waals surface area contributed by atoms with Crippen LogP contribution in [-0.4, -0.2) is 11.0 Å². The predicted molar refractivity (Wildman–Crippen MR) is 65.6 cm³/mol. The fourth-order valence-corrected chi connectivity index (χ4v) is 1.62. The molecule has 0 bridgehead atoms. The van der Waals surface area contributed by atoms with E-state index in [1.54, 1.807) is 12.1 Å². The highest BCUT2D eigenvalue weighted by Crippen LogP contribution is 2.12. The highest BCUT2D eigenvalue weighted by Gasteiger charge is 2.11. The van der Waals surface area contributed by atoms with Gasteiger partial charge in [-0.25, -0.2) is 8.78 Å². The van der Waals surface area contributed by atoms with Crippen LogP contribution in [0.4, 0.5) is 8.78 Å². The van der Waals surface area contributed by atoms with Crippen molar-refractivity contribution in [2.45, 2.75) is 6.54 Å². The molecule has 5 heteroatoms. The second kappa shape index (κ2) is 5.48. The minimum atomic E-state index is -0.909. The molecule has 0 aliphatic rings. The molecular weight excluding hydrogens is 252 g/mol. The van der Waals surface area contributed by atoms with Gasteiger partial charge < -0.3 is 10.4 Å². The van der Waals surface area contributed by atoms with E-state index >= 15 is 0 Å². The highest BCUT2D eigenvalue weighted by molar-refractivity contribution is 5.94. The van der Waals surface area contributed by atoms with Crippen LogP contribution in [0.1, 0.15) is 15.9 Å². The summed E-state index contributed by atoms with van der Waals surface area (Å²) in [7, 11) is 0. The van der Waals surface area contributed by atoms with Gasteiger partial charge in [-0.1, -0.05) is 12.1 Å². The number of phenols is 1. The van der Waals surface area contributed by atoms with Crippen LogP contribution in [0.3, 0.4) is 0 Å². The summed E-state index contributed by atoms with van der Waals surface area (Å²) in [6.07, 6.45) is 0. The molecule has 3 nitrogen and oxygen atoms in total. The molecule has 2 aromatic rings. The Hall–Kier alpha value is -2.43. The summed E-state index contributed by atoms with van der Waals surface area (Å²) in [4.78, 5) is 11.7. The molecular formula is C14H11F2NO2. The van der Waals surface area contributed by atoms with E-state index in [1.165, 1.54) is 12.1 Å². The first-order valence-electron chi connectivity index (χ1n) is 5.57. The van der Waals surface area contributed by atoms with Gasteiger partial charge in [-0.05, 0) is 29.8 Å². The number of nitrogens with one attached hydrogen (secondary N) is 1. The Morgan fingerprint density at radius 3 is 2.63 bits per heavy atom. The summed E-state index contributed by atoms with van der Waals surface area (Å²) >= 11 is 0. The first kappa shape index (κ1) is 13.0. The fraction of sp³-hybridized carbons (Fsp3) is 0.0714. The third-order valence-corrected chi connectivity index (χ3v) is 2.54. The Kier molecular flexibility index (Phi) is 3.75. The lowest BCUT2D eigenvalue weighted by molar-refractivity contribution is 0.0946. The zero-order valence-electron chi connectivity index (χ0n) is 9.86. The topological polar surface area (TPSA) is 49.3 Å². The molecule has 0 saturated carbocycles. The van der Waals surface area contributed by atoms with E-state index in [1.807, 2.05) is 0 Å². The number of phenolic OH excluding ortho intramolecular Hbond substituents is 1. The zero-order valence-corrected chi connectivity index (χ0v) is 9.86. The van der Waals surface area contributed by atoms with Gasteiger partial charge in [-0.3, -0.25) is 4.79 Å². The van der Waals surface area contributed by atoms with Crippen LogP contribution in [0.2, 0.25) is 0 Å². The second-order valence-corrected chi connectivity index (χ2v) is 3.98. The van der Waals surface area contributed by atoms with Gasteiger partial charge in [0.1, 0.15) is 17.4 Å². The van der Waals surface area contributed by atoms with Crippen molar-refractivity contribution < 1.29 is 18.7 Å². The standard InChI is InChI=1S/C14H11F2NO2/c15-10-4-5-12(13(16)7-10)14(19)17-8-9-2-1-3-11(18)6-9/h1-7,18H,8H2,(H,17,19). The average Bonchev–Trinajstić information content (AvgIpc) is 2.36. The summed E-state index contributed by atoms with van der Waals surface area (Å²) in [6.45, 7) is 0.143. The van der Waals surface area contributed by atoms with E-state index < -0.39 is 17.5 Å². The summed E-state index contributed by atoms with van der Waals surface area (Å²) < 4.78 is 26.1. The molecule has 0 radical (unpaired) electrons. The maximum atomic E-state index is 13.3. The number of aromatic hydroxyl groups is 1. The zero-order chi connectivity index (χ0) is 13.8. The van der Waals surface area contributed by atoms with Crippen molar-refractivity contribution in [2.24, 2.45) is 0 Å². The number of carbonyl (C=O) groups excluding carboxylic acids is 1. The van der Waals surface area contributed by atoms with Gasteiger partial charge in [0.2, 0.25) is 0 Å². The molecule has 0 aliphatic carbocycles. The van der Waals surface area contributed by atoms with Crippen LogP contribution in [-0.2, 0) is 6.54 Å². The summed E-state index contributed by atoms with van der Waals surface area (Å²) in [5.41, 5.74) is 0.456. The highest BCUT2D eigenvalue weighted by atomic mass is 19.1. The van der Waals surface area contributed by atoms with Crippen molar-refractivity contribution in [2.75, 3.05) is 0 Å². The molecule has 0 aromatic heterocycles. The third kappa shape index (κ3) is 3.28. The molecule has 2 rings (SSSR count). The van der Waals surface area contributed by atoms with E-state index in [4.69, 9.17) is 0 Å². The minimum absolute atomic E-state index is 0.0831. The fourth-order valence-electron chi connectivity index (χ4n) is 1.62. The maximum Gasteiger partial charge on any atom is 0.254 e. The number of benzene rings is 2. The molecule has 0 spiro atoms. The minimum Gasteiger partial charge on any atom is -0.508 e. The molecule has 0 saturated heterocycles. The van der Waals surface area contributed by atoms with Crippen molar-refractivity contribution in [1.29, 1.82) is 0 Å². The predicted octanol–water partition coefficient (Wildman–Crippen LogP) is 2.60. The first-order chi connectivity index (χ1) is 9.06. The quantitative estimate of drug-likeness (QED) is 0.894. The number of carbonyl (C=O) groups is 1. The van der Waals surface area contributed by atoms with Crippen LogP contribution < -0.4 is 5.32 Å². The molecule has 1 amide bonds. The smallest absolute Gasteiger partial charge is 0.254 e. The van der Waals surface area contributed by atoms with Gasteiger partial charge in [0.05, 0.1) is 5.56 Å². The molecule has 0 fully saturated rings. The molecule has 98 valence electrons. The molecule has 2 aromatic carbocycles. The summed E-state index contributed by atoms with van der Waals surface area (Å²) in [5.74, 6) is -2.20. The van der Waals surface area contributed by atoms with Crippen molar-refractivity contribution >= 4 is 5.91 Å². The monoisotopic (exact) mass is 263 g/mol. The van der Waals surface area contributed by atoms with Crippen molar-refractivity contribution in [3.05, 3.63) is 65.2 Å². The van der Waals surface area contributed by atoms with Crippen molar-refractivity contribution in [3.8, 4) is 5.75 Å². The van der Waals surface area contributed by atoms with Crippen LogP contribution in [0.25, 0.3) is 0 Å². The second-order valence-electron chi connectivity index (χ2n) is 3.98. The molecule has 0 unspecified atom stereocenters. The molecule has 2 N–H and O–H groups in total. The average molecular weight is 263 g/mol. The van der Waals surface area contributed by atoms with Crippen LogP contribution >= 0.6 is 0 Å². The Morgan fingerprint density at radius 1 is 1.16 bits per heavy atom. The Morgan fingerprint density at radius 2 is 1.95 bits per heavy atom. The number of hydrogen-bond acceptors (Lipinski definition) is 2. The lowest BCUT2D eigenvalue weighted by Crippen LogP contribution is -2.23. The van der Waals surface area contributed by atoms with Gasteiger partial charge in [0.25, 0.3) is 5.91 Å². The van der Waals surface area contributed by atoms with E-state index in [9.17, 15) is 18.7 Å². The SMILES string of the molecule is O=C(NCc1cccc(O)c1)c1ccc(F)cc1F. The Balaban J connectivity index is 2.05. The lowest BCUT2D eigenvalue weighted by atomic mass is 10.1. The van der Waals surface area contributed by atoms with Gasteiger partial charge in [-0.2, -0.15) is 0 Å². The lowest BCUT2D eigenvalue weighted by Gasteiger charge is -2.06. The van der Waals surface area contributed by atoms with E-state index in [2.05, 4.69) is 5.32 Å². The molecule has 0 heterocycles. The molecule has 0 aliphatic heterocycles. The molecule has 0 atom stereocenters.